The lowest BCUT2D eigenvalue weighted by Gasteiger charge is -2.26. The van der Waals surface area contributed by atoms with Gasteiger partial charge in [-0.15, -0.1) is 12.6 Å². The second-order valence-corrected chi connectivity index (χ2v) is 5.46. The van der Waals surface area contributed by atoms with E-state index in [2.05, 4.69) is 12.6 Å². The molecule has 76 valence electrons. The number of hydrogen-bond acceptors (Lipinski definition) is 4. The topological polar surface area (TPSA) is 53.0 Å². The summed E-state index contributed by atoms with van der Waals surface area (Å²) in [6.45, 7) is 0.734. The Labute approximate surface area is 84.0 Å². The Morgan fingerprint density at radius 3 is 2.69 bits per heavy atom. The van der Waals surface area contributed by atoms with Gasteiger partial charge in [0.2, 0.25) is 0 Å². The van der Waals surface area contributed by atoms with Crippen LogP contribution in [0.15, 0.2) is 0 Å². The quantitative estimate of drug-likeness (QED) is 0.516. The van der Waals surface area contributed by atoms with E-state index < -0.39 is 14.4 Å². The predicted molar refractivity (Wildman–Crippen MR) is 52.7 cm³/mol. The molecule has 1 heterocycles. The Morgan fingerprint density at radius 1 is 1.62 bits per heavy atom. The second-order valence-electron chi connectivity index (χ2n) is 3.02. The highest BCUT2D eigenvalue weighted by Crippen LogP contribution is 2.32. The van der Waals surface area contributed by atoms with E-state index in [9.17, 15) is 9.67 Å². The van der Waals surface area contributed by atoms with E-state index in [-0.39, 0.29) is 12.0 Å². The minimum Gasteiger partial charge on any atom is -0.367 e. The summed E-state index contributed by atoms with van der Waals surface area (Å²) in [5.41, 5.74) is -0.373. The molecule has 3 atom stereocenters. The number of hydrogen-bond donors (Lipinski definition) is 2. The minimum atomic E-state index is -1.58. The summed E-state index contributed by atoms with van der Waals surface area (Å²) in [7, 11) is 1.88. The molecule has 0 aromatic carbocycles. The van der Waals surface area contributed by atoms with E-state index in [0.717, 1.165) is 0 Å². The highest BCUT2D eigenvalue weighted by molar-refractivity contribution is 7.80. The van der Waals surface area contributed by atoms with Gasteiger partial charge in [-0.05, 0) is 4.57 Å². The molecule has 13 heavy (non-hydrogen) atoms. The van der Waals surface area contributed by atoms with E-state index in [1.165, 1.54) is 0 Å². The fourth-order valence-electron chi connectivity index (χ4n) is 1.10. The molecular formula is C6H14N2O3PS+. The highest BCUT2D eigenvalue weighted by atomic mass is 32.1. The summed E-state index contributed by atoms with van der Waals surface area (Å²) >= 11 is 4.07. The normalized spacial score (nSPS) is 32.2. The van der Waals surface area contributed by atoms with Crippen molar-refractivity contribution in [2.24, 2.45) is 0 Å². The number of aliphatic hydroxyl groups excluding tert-OH is 1. The Bertz CT molecular complexity index is 194. The Morgan fingerprint density at radius 2 is 2.23 bits per heavy atom. The number of thiol groups is 1. The molecule has 0 bridgehead atoms. The fraction of sp³-hybridized carbons (Fsp3) is 1.00. The third kappa shape index (κ3) is 3.16. The van der Waals surface area contributed by atoms with Crippen molar-refractivity contribution in [3.05, 3.63) is 0 Å². The molecule has 1 aliphatic heterocycles. The van der Waals surface area contributed by atoms with E-state index in [0.29, 0.717) is 6.54 Å². The van der Waals surface area contributed by atoms with Crippen LogP contribution in [-0.2, 0) is 9.30 Å². The molecule has 0 spiro atoms. The summed E-state index contributed by atoms with van der Waals surface area (Å²) in [6.07, 6.45) is -0.893. The van der Waals surface area contributed by atoms with Crippen LogP contribution in [0.25, 0.3) is 0 Å². The first kappa shape index (κ1) is 11.4. The zero-order valence-corrected chi connectivity index (χ0v) is 9.41. The van der Waals surface area contributed by atoms with Crippen molar-refractivity contribution in [3.63, 3.8) is 0 Å². The first-order chi connectivity index (χ1) is 6.00. The molecule has 1 aliphatic rings. The molecule has 0 aromatic rings. The molecule has 0 saturated carbocycles. The average Bonchev–Trinajstić information content (AvgIpc) is 2.01. The fourth-order valence-corrected chi connectivity index (χ4v) is 2.63. The zero-order valence-electron chi connectivity index (χ0n) is 7.62. The van der Waals surface area contributed by atoms with E-state index in [4.69, 9.17) is 4.74 Å². The lowest BCUT2D eigenvalue weighted by atomic mass is 10.5. The van der Waals surface area contributed by atoms with Gasteiger partial charge < -0.3 is 9.84 Å². The van der Waals surface area contributed by atoms with Gasteiger partial charge in [0.1, 0.15) is 5.44 Å². The first-order valence-electron chi connectivity index (χ1n) is 3.91. The van der Waals surface area contributed by atoms with E-state index in [1.54, 1.807) is 23.4 Å². The van der Waals surface area contributed by atoms with Crippen LogP contribution in [0, 0.1) is 0 Å². The Hall–Kier alpha value is 0.290. The largest absolute Gasteiger partial charge is 0.537 e. The van der Waals surface area contributed by atoms with Crippen molar-refractivity contribution >= 4 is 20.7 Å². The number of nitrogens with zero attached hydrogens (tertiary/aromatic N) is 2. The number of ether oxygens (including phenoxy) is 1. The van der Waals surface area contributed by atoms with Gasteiger partial charge in [0.05, 0.1) is 13.1 Å². The van der Waals surface area contributed by atoms with Crippen molar-refractivity contribution < 1.29 is 14.4 Å². The molecule has 0 aromatic heterocycles. The maximum Gasteiger partial charge on any atom is 0.537 e. The van der Waals surface area contributed by atoms with Crippen molar-refractivity contribution in [1.82, 2.24) is 9.34 Å². The number of morpholine rings is 1. The van der Waals surface area contributed by atoms with Gasteiger partial charge in [-0.1, -0.05) is 9.34 Å². The van der Waals surface area contributed by atoms with Crippen LogP contribution >= 0.6 is 20.7 Å². The van der Waals surface area contributed by atoms with Crippen molar-refractivity contribution in [3.8, 4) is 0 Å². The average molecular weight is 225 g/mol. The summed E-state index contributed by atoms with van der Waals surface area (Å²) in [6, 6.07) is 0. The molecule has 7 heteroatoms. The Balaban J connectivity index is 2.55. The summed E-state index contributed by atoms with van der Waals surface area (Å²) in [5.74, 6) is 0. The van der Waals surface area contributed by atoms with Crippen LogP contribution in [0.2, 0.25) is 0 Å². The number of aliphatic hydroxyl groups is 1. The van der Waals surface area contributed by atoms with Gasteiger partial charge in [0.25, 0.3) is 0 Å². The smallest absolute Gasteiger partial charge is 0.367 e. The van der Waals surface area contributed by atoms with Crippen LogP contribution in [0.5, 0.6) is 0 Å². The molecule has 5 nitrogen and oxygen atoms in total. The highest BCUT2D eigenvalue weighted by Gasteiger charge is 2.38. The summed E-state index contributed by atoms with van der Waals surface area (Å²) in [5, 5.41) is 9.22. The van der Waals surface area contributed by atoms with Crippen LogP contribution in [0.3, 0.4) is 0 Å². The molecule has 0 radical (unpaired) electrons. The number of rotatable bonds is 2. The van der Waals surface area contributed by atoms with Gasteiger partial charge in [-0.3, -0.25) is 0 Å². The molecule has 1 N–H and O–H groups in total. The molecule has 0 amide bonds. The van der Waals surface area contributed by atoms with Gasteiger partial charge in [0, 0.05) is 14.1 Å². The van der Waals surface area contributed by atoms with Gasteiger partial charge in [-0.25, -0.2) is 0 Å². The van der Waals surface area contributed by atoms with Crippen molar-refractivity contribution in [2.45, 2.75) is 11.7 Å². The predicted octanol–water partition coefficient (Wildman–Crippen LogP) is 0.112. The van der Waals surface area contributed by atoms with Crippen molar-refractivity contribution in [2.75, 3.05) is 27.2 Å². The van der Waals surface area contributed by atoms with Gasteiger partial charge in [-0.2, -0.15) is 0 Å². The zero-order chi connectivity index (χ0) is 10.0. The van der Waals surface area contributed by atoms with Gasteiger partial charge >= 0.3 is 8.10 Å². The van der Waals surface area contributed by atoms with E-state index in [1.807, 2.05) is 0 Å². The minimum absolute atomic E-state index is 0.268. The molecular weight excluding hydrogens is 211 g/mol. The van der Waals surface area contributed by atoms with Crippen LogP contribution in [-0.4, -0.2) is 53.4 Å². The number of β-amino-alcohol motifs (C(OH)–C–C–N with tert-alkyl or cyclic N) is 1. The third-order valence-electron chi connectivity index (χ3n) is 1.63. The monoisotopic (exact) mass is 225 g/mol. The van der Waals surface area contributed by atoms with Crippen LogP contribution in [0.1, 0.15) is 0 Å². The Kier molecular flexibility index (Phi) is 4.09. The molecule has 3 unspecified atom stereocenters. The lowest BCUT2D eigenvalue weighted by Crippen LogP contribution is -2.43. The van der Waals surface area contributed by atoms with E-state index >= 15 is 0 Å². The lowest BCUT2D eigenvalue weighted by molar-refractivity contribution is -0.142. The molecule has 0 aliphatic carbocycles. The summed E-state index contributed by atoms with van der Waals surface area (Å²) in [4.78, 5) is 0. The molecule has 1 rings (SSSR count). The first-order valence-corrected chi connectivity index (χ1v) is 5.60. The third-order valence-corrected chi connectivity index (χ3v) is 3.41. The maximum absolute atomic E-state index is 11.6. The van der Waals surface area contributed by atoms with Crippen LogP contribution < -0.4 is 0 Å². The summed E-state index contributed by atoms with van der Waals surface area (Å²) < 4.78 is 19.8. The standard InChI is InChI=1S/C6H13N2O3PS/c1-7(2)12(10)8-3-5(9)11-6(13)4-8/h5-6,9H,3-4H2,1-2H3/p+1. The SMILES string of the molecule is CN(C)[P+](=O)N1CC(O)OC(S)C1. The molecule has 1 saturated heterocycles. The van der Waals surface area contributed by atoms with Gasteiger partial charge in [0.15, 0.2) is 6.29 Å². The van der Waals surface area contributed by atoms with Crippen LogP contribution in [0.4, 0.5) is 0 Å². The second kappa shape index (κ2) is 4.68. The maximum atomic E-state index is 11.6. The molecule has 1 fully saturated rings. The van der Waals surface area contributed by atoms with Crippen molar-refractivity contribution in [1.29, 1.82) is 0 Å².